The molecule has 11 amide bonds. The highest BCUT2D eigenvalue weighted by Crippen LogP contribution is 2.12. The smallest absolute Gasteiger partial charge is 0.326 e. The molecule has 28 nitrogen and oxygen atoms in total. The molecule has 28 heteroatoms. The van der Waals surface area contributed by atoms with E-state index in [0.29, 0.717) is 19.3 Å². The number of carboxylic acid groups (broad SMARTS) is 1. The predicted octanol–water partition coefficient (Wildman–Crippen LogP) is -6.85. The SMILES string of the molecule is CC[C@H](C)[C@H](NC(=O)[C@@H](N)CO)C(=O)N[C@@H](CC(N)=O)C(=O)N[C@@H](CCC(N)=O)C(=O)N[C@H](C(=O)N[C@@H](CC(C)C)C(=O)N[C@@H](CO)C(=O)N[C@@H](CC(N)=O)C(=O)N[C@@H](CCCCN)C(=O)O)C(C)C. The molecule has 0 aliphatic carbocycles. The number of carbonyl (C=O) groups is 12. The maximum absolute atomic E-state index is 13.9. The summed E-state index contributed by atoms with van der Waals surface area (Å²) in [6.07, 6.45) is -1.55. The molecule has 0 aromatic heterocycles. The molecule has 0 radical (unpaired) electrons. The topological polar surface area (TPSA) is 492 Å². The number of nitrogens with two attached hydrogens (primary N) is 5. The Bertz CT molecular complexity index is 1840. The van der Waals surface area contributed by atoms with Crippen molar-refractivity contribution < 1.29 is 72.9 Å². The van der Waals surface area contributed by atoms with Gasteiger partial charge in [-0.25, -0.2) is 4.79 Å². The van der Waals surface area contributed by atoms with Crippen LogP contribution in [0.3, 0.4) is 0 Å². The van der Waals surface area contributed by atoms with Crippen molar-refractivity contribution in [1.82, 2.24) is 42.5 Å². The normalized spacial score (nSPS) is 15.4. The maximum atomic E-state index is 13.9. The molecule has 0 fully saturated rings. The van der Waals surface area contributed by atoms with Gasteiger partial charge in [0.2, 0.25) is 65.0 Å². The Kier molecular flexibility index (Phi) is 29.3. The molecule has 0 aromatic carbocycles. The van der Waals surface area contributed by atoms with Crippen molar-refractivity contribution in [3.05, 3.63) is 0 Å². The lowest BCUT2D eigenvalue weighted by Crippen LogP contribution is -2.62. The van der Waals surface area contributed by atoms with Crippen LogP contribution in [0.15, 0.2) is 0 Å². The Labute approximate surface area is 405 Å². The van der Waals surface area contributed by atoms with Crippen LogP contribution in [0.25, 0.3) is 0 Å². The van der Waals surface area contributed by atoms with Crippen molar-refractivity contribution in [3.63, 3.8) is 0 Å². The van der Waals surface area contributed by atoms with Crippen LogP contribution in [-0.4, -0.2) is 160 Å². The van der Waals surface area contributed by atoms with Gasteiger partial charge in [0.05, 0.1) is 26.1 Å². The molecular formula is C42H75N13O15. The molecule has 21 N–H and O–H groups in total. The van der Waals surface area contributed by atoms with Crippen LogP contribution < -0.4 is 71.2 Å². The van der Waals surface area contributed by atoms with Crippen LogP contribution in [0, 0.1) is 17.8 Å². The van der Waals surface area contributed by atoms with E-state index in [2.05, 4.69) is 42.5 Å². The molecule has 0 rings (SSSR count). The van der Waals surface area contributed by atoms with Gasteiger partial charge in [0.1, 0.15) is 54.4 Å². The van der Waals surface area contributed by atoms with Gasteiger partial charge < -0.3 is 86.5 Å². The van der Waals surface area contributed by atoms with Gasteiger partial charge in [-0.15, -0.1) is 0 Å². The first kappa shape index (κ1) is 63.5. The molecule has 10 atom stereocenters. The summed E-state index contributed by atoms with van der Waals surface area (Å²) in [4.78, 5) is 155. The molecule has 0 saturated carbocycles. The summed E-state index contributed by atoms with van der Waals surface area (Å²) in [6, 6.07) is -14.0. The third-order valence-corrected chi connectivity index (χ3v) is 10.7. The average Bonchev–Trinajstić information content (AvgIpc) is 3.27. The van der Waals surface area contributed by atoms with Crippen LogP contribution in [0.5, 0.6) is 0 Å². The van der Waals surface area contributed by atoms with Crippen LogP contribution in [0.4, 0.5) is 0 Å². The monoisotopic (exact) mass is 1000 g/mol. The van der Waals surface area contributed by atoms with E-state index in [0.717, 1.165) is 0 Å². The molecule has 0 spiro atoms. The number of hydrogen-bond donors (Lipinski definition) is 16. The van der Waals surface area contributed by atoms with Gasteiger partial charge in [-0.3, -0.25) is 52.7 Å². The largest absolute Gasteiger partial charge is 0.480 e. The lowest BCUT2D eigenvalue weighted by atomic mass is 9.97. The highest BCUT2D eigenvalue weighted by atomic mass is 16.4. The van der Waals surface area contributed by atoms with Crippen molar-refractivity contribution in [2.24, 2.45) is 46.4 Å². The third kappa shape index (κ3) is 23.7. The Hall–Kier alpha value is -6.52. The zero-order chi connectivity index (χ0) is 54.0. The molecule has 0 saturated heterocycles. The summed E-state index contributed by atoms with van der Waals surface area (Å²) >= 11 is 0. The lowest BCUT2D eigenvalue weighted by molar-refractivity contribution is -0.142. The molecule has 0 heterocycles. The number of amides is 11. The fraction of sp³-hybridized carbons (Fsp3) is 0.714. The number of aliphatic carboxylic acids is 1. The van der Waals surface area contributed by atoms with Crippen LogP contribution in [-0.2, 0) is 57.5 Å². The van der Waals surface area contributed by atoms with Gasteiger partial charge >= 0.3 is 5.97 Å². The predicted molar refractivity (Wildman–Crippen MR) is 248 cm³/mol. The van der Waals surface area contributed by atoms with Crippen molar-refractivity contribution in [1.29, 1.82) is 0 Å². The van der Waals surface area contributed by atoms with Gasteiger partial charge in [-0.05, 0) is 56.4 Å². The summed E-state index contributed by atoms with van der Waals surface area (Å²) < 4.78 is 0. The standard InChI is InChI=1S/C42H75N13O15/c1-7-21(6)33(55-34(61)22(44)17-56)41(68)52-27(16-31(47)60)37(64)48-23(11-12-29(45)58)35(62)54-32(20(4)5)40(67)51-25(14-19(2)3)36(63)53-28(18-57)39(66)50-26(15-30(46)59)38(65)49-24(42(69)70)10-8-9-13-43/h19-28,32-33,56-57H,7-18,43-44H2,1-6H3,(H2,45,58)(H2,46,59)(H2,47,60)(H,48,64)(H,49,65)(H,50,66)(H,51,67)(H,52,68)(H,53,63)(H,54,62)(H,55,61)(H,69,70)/t21-,22-,23-,24-,25-,26-,27-,28-,32-,33-/m0/s1. The van der Waals surface area contributed by atoms with Crippen molar-refractivity contribution in [2.45, 2.75) is 154 Å². The first-order valence-corrected chi connectivity index (χ1v) is 22.8. The van der Waals surface area contributed by atoms with Crippen LogP contribution >= 0.6 is 0 Å². The number of unbranched alkanes of at least 4 members (excludes halogenated alkanes) is 1. The fourth-order valence-corrected chi connectivity index (χ4v) is 6.47. The lowest BCUT2D eigenvalue weighted by Gasteiger charge is -2.29. The second-order valence-electron chi connectivity index (χ2n) is 17.5. The number of rotatable bonds is 35. The highest BCUT2D eigenvalue weighted by molar-refractivity contribution is 5.99. The maximum Gasteiger partial charge on any atom is 0.326 e. The quantitative estimate of drug-likeness (QED) is 0.0262. The van der Waals surface area contributed by atoms with Crippen molar-refractivity contribution in [2.75, 3.05) is 19.8 Å². The number of primary amides is 3. The van der Waals surface area contributed by atoms with E-state index in [9.17, 15) is 72.9 Å². The fourth-order valence-electron chi connectivity index (χ4n) is 6.47. The van der Waals surface area contributed by atoms with E-state index in [1.54, 1.807) is 27.7 Å². The van der Waals surface area contributed by atoms with Gasteiger partial charge in [0, 0.05) is 6.42 Å². The van der Waals surface area contributed by atoms with Crippen LogP contribution in [0.2, 0.25) is 0 Å². The number of aliphatic hydroxyl groups excluding tert-OH is 2. The molecular weight excluding hydrogens is 927 g/mol. The molecule has 398 valence electrons. The van der Waals surface area contributed by atoms with E-state index >= 15 is 0 Å². The Morgan fingerprint density at radius 2 is 0.914 bits per heavy atom. The zero-order valence-corrected chi connectivity index (χ0v) is 40.5. The van der Waals surface area contributed by atoms with E-state index < -0.39 is 176 Å². The minimum atomic E-state index is -1.80. The first-order valence-electron chi connectivity index (χ1n) is 22.8. The van der Waals surface area contributed by atoms with E-state index in [4.69, 9.17) is 28.7 Å². The molecule has 70 heavy (non-hydrogen) atoms. The average molecular weight is 1000 g/mol. The summed E-state index contributed by atoms with van der Waals surface area (Å²) in [5, 5.41) is 47.7. The zero-order valence-electron chi connectivity index (χ0n) is 40.5. The highest BCUT2D eigenvalue weighted by Gasteiger charge is 2.37. The molecule has 0 aromatic rings. The second kappa shape index (κ2) is 32.3. The minimum absolute atomic E-state index is 0.0326. The summed E-state index contributed by atoms with van der Waals surface area (Å²) in [7, 11) is 0. The van der Waals surface area contributed by atoms with Gasteiger partial charge in [0.15, 0.2) is 0 Å². The van der Waals surface area contributed by atoms with Crippen LogP contribution in [0.1, 0.15) is 99.3 Å². The molecule has 0 aliphatic heterocycles. The Morgan fingerprint density at radius 1 is 0.486 bits per heavy atom. The molecule has 0 unspecified atom stereocenters. The van der Waals surface area contributed by atoms with E-state index in [1.807, 2.05) is 0 Å². The number of aliphatic hydroxyl groups is 2. The number of carbonyl (C=O) groups excluding carboxylic acids is 11. The number of hydrogen-bond acceptors (Lipinski definition) is 16. The van der Waals surface area contributed by atoms with Crippen molar-refractivity contribution >= 4 is 70.9 Å². The van der Waals surface area contributed by atoms with Gasteiger partial charge in [0.25, 0.3) is 0 Å². The minimum Gasteiger partial charge on any atom is -0.480 e. The second-order valence-corrected chi connectivity index (χ2v) is 17.5. The van der Waals surface area contributed by atoms with Gasteiger partial charge in [-0.1, -0.05) is 48.0 Å². The van der Waals surface area contributed by atoms with E-state index in [-0.39, 0.29) is 25.3 Å². The Balaban J connectivity index is 6.50. The summed E-state index contributed by atoms with van der Waals surface area (Å²) in [6.45, 7) is 8.14. The van der Waals surface area contributed by atoms with E-state index in [1.165, 1.54) is 13.8 Å². The number of nitrogens with one attached hydrogen (secondary N) is 8. The van der Waals surface area contributed by atoms with Crippen molar-refractivity contribution in [3.8, 4) is 0 Å². The first-order chi connectivity index (χ1) is 32.6. The summed E-state index contributed by atoms with van der Waals surface area (Å²) in [5.74, 6) is -14.4. The number of carboxylic acids is 1. The Morgan fingerprint density at radius 3 is 1.36 bits per heavy atom. The third-order valence-electron chi connectivity index (χ3n) is 10.7. The van der Waals surface area contributed by atoms with Gasteiger partial charge in [-0.2, -0.15) is 0 Å². The summed E-state index contributed by atoms with van der Waals surface area (Å²) in [5.41, 5.74) is 27.0. The molecule has 0 bridgehead atoms. The molecule has 0 aliphatic rings.